The molecule has 1 aromatic heterocycles. The summed E-state index contributed by atoms with van der Waals surface area (Å²) in [6, 6.07) is 2.55. The fourth-order valence-electron chi connectivity index (χ4n) is 3.79. The van der Waals surface area contributed by atoms with Gasteiger partial charge in [-0.2, -0.15) is 0 Å². The summed E-state index contributed by atoms with van der Waals surface area (Å²) in [5.74, 6) is 1.32. The van der Waals surface area contributed by atoms with Gasteiger partial charge in [-0.05, 0) is 38.5 Å². The molecule has 6 nitrogen and oxygen atoms in total. The van der Waals surface area contributed by atoms with Crippen molar-refractivity contribution >= 4 is 36.5 Å². The van der Waals surface area contributed by atoms with E-state index in [2.05, 4.69) is 33.2 Å². The van der Waals surface area contributed by atoms with Crippen molar-refractivity contribution < 1.29 is 4.79 Å². The molecule has 3 rings (SSSR count). The van der Waals surface area contributed by atoms with Gasteiger partial charge in [-0.25, -0.2) is 9.97 Å². The average Bonchev–Trinajstić information content (AvgIpc) is 2.62. The summed E-state index contributed by atoms with van der Waals surface area (Å²) in [6.07, 6.45) is 8.46. The van der Waals surface area contributed by atoms with Gasteiger partial charge in [0.1, 0.15) is 12.1 Å². The van der Waals surface area contributed by atoms with Crippen molar-refractivity contribution in [1.82, 2.24) is 15.3 Å². The molecule has 1 aliphatic heterocycles. The zero-order valence-electron chi connectivity index (χ0n) is 15.4. The summed E-state index contributed by atoms with van der Waals surface area (Å²) in [7, 11) is 0. The number of nitrogens with two attached hydrogens (primary N) is 1. The summed E-state index contributed by atoms with van der Waals surface area (Å²) in [4.78, 5) is 23.4. The van der Waals surface area contributed by atoms with E-state index in [-0.39, 0.29) is 48.7 Å². The molecular weight excluding hydrogens is 373 g/mol. The highest BCUT2D eigenvalue weighted by atomic mass is 35.5. The number of nitrogens with zero attached hydrogens (tertiary/aromatic N) is 3. The van der Waals surface area contributed by atoms with Crippen LogP contribution in [0.3, 0.4) is 0 Å². The number of carbonyl (C=O) groups is 1. The maximum Gasteiger partial charge on any atom is 0.223 e. The van der Waals surface area contributed by atoms with Gasteiger partial charge in [0.05, 0.1) is 0 Å². The maximum atomic E-state index is 12.4. The molecule has 0 aromatic carbocycles. The molecule has 148 valence electrons. The van der Waals surface area contributed by atoms with E-state index < -0.39 is 0 Å². The van der Waals surface area contributed by atoms with E-state index in [1.165, 1.54) is 0 Å². The first kappa shape index (κ1) is 22.9. The maximum absolute atomic E-state index is 12.4. The van der Waals surface area contributed by atoms with Crippen LogP contribution < -0.4 is 16.0 Å². The Bertz CT molecular complexity index is 566. The molecule has 1 amide bonds. The molecule has 1 saturated heterocycles. The van der Waals surface area contributed by atoms with E-state index in [1.807, 2.05) is 0 Å². The lowest BCUT2D eigenvalue weighted by atomic mass is 9.85. The lowest BCUT2D eigenvalue weighted by Gasteiger charge is -2.34. The monoisotopic (exact) mass is 403 g/mol. The number of hydrogen-bond acceptors (Lipinski definition) is 5. The third kappa shape index (κ3) is 5.96. The van der Waals surface area contributed by atoms with Crippen molar-refractivity contribution in [3.63, 3.8) is 0 Å². The lowest BCUT2D eigenvalue weighted by Crippen LogP contribution is -2.47. The standard InChI is InChI=1S/C18H29N5O.2ClH/c1-2-15-11-17(21-12-20-15)23-8-6-16(7-9-23)22-18(24)13-4-3-5-14(19)10-13;;/h11-14,16H,2-10,19H2,1H3,(H,22,24);2*1H. The number of amides is 1. The van der Waals surface area contributed by atoms with Crippen LogP contribution in [0.4, 0.5) is 5.82 Å². The second kappa shape index (κ2) is 10.9. The number of rotatable bonds is 4. The fourth-order valence-corrected chi connectivity index (χ4v) is 3.79. The van der Waals surface area contributed by atoms with Crippen molar-refractivity contribution in [2.45, 2.75) is 64.0 Å². The molecule has 2 heterocycles. The van der Waals surface area contributed by atoms with Crippen LogP contribution in [0.15, 0.2) is 12.4 Å². The smallest absolute Gasteiger partial charge is 0.223 e. The second-order valence-corrected chi connectivity index (χ2v) is 7.11. The van der Waals surface area contributed by atoms with Gasteiger partial charge in [0.25, 0.3) is 0 Å². The Hall–Kier alpha value is -1.11. The van der Waals surface area contributed by atoms with Gasteiger partial charge in [-0.1, -0.05) is 13.3 Å². The van der Waals surface area contributed by atoms with Crippen LogP contribution in [-0.2, 0) is 11.2 Å². The molecule has 8 heteroatoms. The number of anilines is 1. The lowest BCUT2D eigenvalue weighted by molar-refractivity contribution is -0.127. The second-order valence-electron chi connectivity index (χ2n) is 7.11. The number of piperidine rings is 1. The van der Waals surface area contributed by atoms with E-state index in [4.69, 9.17) is 5.73 Å². The van der Waals surface area contributed by atoms with Crippen LogP contribution in [-0.4, -0.2) is 41.0 Å². The number of nitrogens with one attached hydrogen (secondary N) is 1. The average molecular weight is 404 g/mol. The first-order valence-electron chi connectivity index (χ1n) is 9.27. The Labute approximate surface area is 168 Å². The first-order chi connectivity index (χ1) is 11.7. The van der Waals surface area contributed by atoms with Crippen LogP contribution in [0.25, 0.3) is 0 Å². The van der Waals surface area contributed by atoms with Crippen LogP contribution in [0.2, 0.25) is 0 Å². The number of halogens is 2. The SMILES string of the molecule is CCc1cc(N2CCC(NC(=O)C3CCCC(N)C3)CC2)ncn1.Cl.Cl. The van der Waals surface area contributed by atoms with Gasteiger partial charge in [0.15, 0.2) is 0 Å². The Morgan fingerprint density at radius 1 is 1.23 bits per heavy atom. The van der Waals surface area contributed by atoms with Crippen molar-refractivity contribution in [2.24, 2.45) is 11.7 Å². The van der Waals surface area contributed by atoms with Gasteiger partial charge in [0, 0.05) is 42.9 Å². The summed E-state index contributed by atoms with van der Waals surface area (Å²) in [6.45, 7) is 3.95. The van der Waals surface area contributed by atoms with Gasteiger partial charge in [-0.3, -0.25) is 4.79 Å². The number of hydrogen-bond donors (Lipinski definition) is 2. The summed E-state index contributed by atoms with van der Waals surface area (Å²) < 4.78 is 0. The molecule has 2 unspecified atom stereocenters. The van der Waals surface area contributed by atoms with Crippen molar-refractivity contribution in [3.05, 3.63) is 18.1 Å². The van der Waals surface area contributed by atoms with E-state index >= 15 is 0 Å². The topological polar surface area (TPSA) is 84.1 Å². The van der Waals surface area contributed by atoms with Crippen molar-refractivity contribution in [2.75, 3.05) is 18.0 Å². The molecule has 1 aliphatic carbocycles. The van der Waals surface area contributed by atoms with E-state index in [1.54, 1.807) is 6.33 Å². The molecular formula is C18H31Cl2N5O. The van der Waals surface area contributed by atoms with Crippen molar-refractivity contribution in [1.29, 1.82) is 0 Å². The zero-order valence-corrected chi connectivity index (χ0v) is 17.0. The molecule has 1 saturated carbocycles. The van der Waals surface area contributed by atoms with E-state index in [0.29, 0.717) is 0 Å². The molecule has 2 aliphatic rings. The molecule has 3 N–H and O–H groups in total. The Kier molecular flexibility index (Phi) is 9.61. The van der Waals surface area contributed by atoms with Gasteiger partial charge in [0.2, 0.25) is 5.91 Å². The van der Waals surface area contributed by atoms with Gasteiger partial charge >= 0.3 is 0 Å². The van der Waals surface area contributed by atoms with Crippen LogP contribution >= 0.6 is 24.8 Å². The predicted molar refractivity (Wildman–Crippen MR) is 109 cm³/mol. The minimum Gasteiger partial charge on any atom is -0.356 e. The van der Waals surface area contributed by atoms with E-state index in [0.717, 1.165) is 69.5 Å². The molecule has 2 atom stereocenters. The third-order valence-corrected chi connectivity index (χ3v) is 5.32. The number of aryl methyl sites for hydroxylation is 1. The molecule has 2 fully saturated rings. The molecule has 0 spiro atoms. The summed E-state index contributed by atoms with van der Waals surface area (Å²) in [5.41, 5.74) is 7.08. The van der Waals surface area contributed by atoms with Crippen LogP contribution in [0.5, 0.6) is 0 Å². The molecule has 0 radical (unpaired) electrons. The normalized spacial score (nSPS) is 23.5. The van der Waals surface area contributed by atoms with E-state index in [9.17, 15) is 4.79 Å². The Morgan fingerprint density at radius 2 is 1.96 bits per heavy atom. The van der Waals surface area contributed by atoms with Crippen molar-refractivity contribution in [3.8, 4) is 0 Å². The summed E-state index contributed by atoms with van der Waals surface area (Å²) >= 11 is 0. The highest BCUT2D eigenvalue weighted by molar-refractivity contribution is 5.85. The molecule has 26 heavy (non-hydrogen) atoms. The predicted octanol–water partition coefficient (Wildman–Crippen LogP) is 2.49. The highest BCUT2D eigenvalue weighted by Crippen LogP contribution is 2.24. The first-order valence-corrected chi connectivity index (χ1v) is 9.27. The molecule has 0 bridgehead atoms. The molecule has 1 aromatic rings. The van der Waals surface area contributed by atoms with Crippen LogP contribution in [0.1, 0.15) is 51.1 Å². The fraction of sp³-hybridized carbons (Fsp3) is 0.722. The third-order valence-electron chi connectivity index (χ3n) is 5.32. The largest absolute Gasteiger partial charge is 0.356 e. The Morgan fingerprint density at radius 3 is 2.62 bits per heavy atom. The quantitative estimate of drug-likeness (QED) is 0.806. The van der Waals surface area contributed by atoms with Crippen LogP contribution in [0, 0.1) is 5.92 Å². The number of aromatic nitrogens is 2. The number of carbonyl (C=O) groups excluding carboxylic acids is 1. The van der Waals surface area contributed by atoms with Gasteiger partial charge < -0.3 is 16.0 Å². The summed E-state index contributed by atoms with van der Waals surface area (Å²) in [5, 5.41) is 3.25. The zero-order chi connectivity index (χ0) is 16.9. The minimum absolute atomic E-state index is 0. The Balaban J connectivity index is 0.00000169. The van der Waals surface area contributed by atoms with Gasteiger partial charge in [-0.15, -0.1) is 24.8 Å². The highest BCUT2D eigenvalue weighted by Gasteiger charge is 2.28. The minimum atomic E-state index is 0.